The zero-order valence-electron chi connectivity index (χ0n) is 12.4. The van der Waals surface area contributed by atoms with E-state index in [1.807, 2.05) is 18.2 Å². The highest BCUT2D eigenvalue weighted by atomic mass is 79.9. The van der Waals surface area contributed by atoms with Gasteiger partial charge in [-0.25, -0.2) is 13.6 Å². The summed E-state index contributed by atoms with van der Waals surface area (Å²) >= 11 is 3.27. The third kappa shape index (κ3) is 4.60. The van der Waals surface area contributed by atoms with Crippen molar-refractivity contribution in [2.75, 3.05) is 13.6 Å². The maximum atomic E-state index is 12.5. The summed E-state index contributed by atoms with van der Waals surface area (Å²) in [6.45, 7) is 0.460. The monoisotopic (exact) mass is 397 g/mol. The molecule has 1 amide bonds. The summed E-state index contributed by atoms with van der Waals surface area (Å²) in [4.78, 5) is 18.1. The molecular weight excluding hydrogens is 382 g/mol. The van der Waals surface area contributed by atoms with Crippen LogP contribution in [-0.2, 0) is 16.4 Å². The van der Waals surface area contributed by atoms with E-state index in [1.165, 1.54) is 23.1 Å². The topological polar surface area (TPSA) is 93.4 Å². The van der Waals surface area contributed by atoms with Crippen molar-refractivity contribution in [2.24, 2.45) is 5.14 Å². The van der Waals surface area contributed by atoms with Crippen molar-refractivity contribution in [3.63, 3.8) is 0 Å². The molecule has 0 unspecified atom stereocenters. The Morgan fingerprint density at radius 3 is 2.65 bits per heavy atom. The summed E-state index contributed by atoms with van der Waals surface area (Å²) in [6.07, 6.45) is 2.30. The lowest BCUT2D eigenvalue weighted by atomic mass is 10.2. The number of carbonyl (C=O) groups excluding carboxylic acids is 1. The van der Waals surface area contributed by atoms with Crippen LogP contribution in [0.15, 0.2) is 52.0 Å². The van der Waals surface area contributed by atoms with Gasteiger partial charge in [0.1, 0.15) is 0 Å². The highest BCUT2D eigenvalue weighted by Crippen LogP contribution is 2.21. The minimum absolute atomic E-state index is 0.0952. The van der Waals surface area contributed by atoms with E-state index in [0.29, 0.717) is 17.4 Å². The fourth-order valence-electron chi connectivity index (χ4n) is 1.98. The first kappa shape index (κ1) is 17.6. The largest absolute Gasteiger partial charge is 0.341 e. The van der Waals surface area contributed by atoms with E-state index in [4.69, 9.17) is 5.14 Å². The molecule has 0 radical (unpaired) electrons. The first-order valence-corrected chi connectivity index (χ1v) is 9.10. The summed E-state index contributed by atoms with van der Waals surface area (Å²) < 4.78 is 23.4. The molecule has 1 aromatic carbocycles. The van der Waals surface area contributed by atoms with Crippen LogP contribution in [0.1, 0.15) is 16.1 Å². The van der Waals surface area contributed by atoms with E-state index in [-0.39, 0.29) is 16.4 Å². The Balaban J connectivity index is 2.16. The molecule has 23 heavy (non-hydrogen) atoms. The van der Waals surface area contributed by atoms with Crippen LogP contribution in [0.25, 0.3) is 0 Å². The van der Waals surface area contributed by atoms with E-state index in [0.717, 1.165) is 5.69 Å². The van der Waals surface area contributed by atoms with Crippen molar-refractivity contribution in [1.82, 2.24) is 9.88 Å². The lowest BCUT2D eigenvalue weighted by molar-refractivity contribution is 0.0795. The van der Waals surface area contributed by atoms with E-state index in [9.17, 15) is 13.2 Å². The Labute approximate surface area is 143 Å². The van der Waals surface area contributed by atoms with Crippen molar-refractivity contribution in [2.45, 2.75) is 11.3 Å². The SMILES string of the molecule is CN(CCc1ccccn1)C(=O)c1cc(S(N)(=O)=O)ccc1Br. The van der Waals surface area contributed by atoms with Crippen LogP contribution in [-0.4, -0.2) is 37.8 Å². The fourth-order valence-corrected chi connectivity index (χ4v) is 2.94. The number of nitrogens with zero attached hydrogens (tertiary/aromatic N) is 2. The Hall–Kier alpha value is -1.77. The molecule has 0 saturated heterocycles. The highest BCUT2D eigenvalue weighted by Gasteiger charge is 2.18. The summed E-state index contributed by atoms with van der Waals surface area (Å²) in [5.41, 5.74) is 1.13. The molecule has 2 rings (SSSR count). The fraction of sp³-hybridized carbons (Fsp3) is 0.200. The van der Waals surface area contributed by atoms with Crippen LogP contribution >= 0.6 is 15.9 Å². The first-order chi connectivity index (χ1) is 10.8. The quantitative estimate of drug-likeness (QED) is 0.831. The number of nitrogens with two attached hydrogens (primary N) is 1. The third-order valence-electron chi connectivity index (χ3n) is 3.27. The normalized spacial score (nSPS) is 11.3. The summed E-state index contributed by atoms with van der Waals surface area (Å²) in [5.74, 6) is -0.293. The van der Waals surface area contributed by atoms with Gasteiger partial charge in [-0.05, 0) is 46.3 Å². The Bertz CT molecular complexity index is 810. The molecular formula is C15H16BrN3O3S. The van der Waals surface area contributed by atoms with Gasteiger partial charge in [-0.1, -0.05) is 6.07 Å². The van der Waals surface area contributed by atoms with Gasteiger partial charge in [-0.2, -0.15) is 0 Å². The molecule has 0 aliphatic carbocycles. The lowest BCUT2D eigenvalue weighted by Crippen LogP contribution is -2.29. The van der Waals surface area contributed by atoms with Crippen LogP contribution in [0, 0.1) is 0 Å². The number of sulfonamides is 1. The number of aromatic nitrogens is 1. The molecule has 122 valence electrons. The predicted molar refractivity (Wildman–Crippen MR) is 90.4 cm³/mol. The average molecular weight is 398 g/mol. The maximum absolute atomic E-state index is 12.5. The van der Waals surface area contributed by atoms with E-state index in [2.05, 4.69) is 20.9 Å². The zero-order chi connectivity index (χ0) is 17.0. The molecule has 8 heteroatoms. The Morgan fingerprint density at radius 1 is 1.30 bits per heavy atom. The minimum atomic E-state index is -3.86. The van der Waals surface area contributed by atoms with Gasteiger partial charge in [0.05, 0.1) is 10.5 Å². The van der Waals surface area contributed by atoms with E-state index >= 15 is 0 Å². The third-order valence-corrected chi connectivity index (χ3v) is 4.88. The van der Waals surface area contributed by atoms with Crippen molar-refractivity contribution in [1.29, 1.82) is 0 Å². The molecule has 1 heterocycles. The maximum Gasteiger partial charge on any atom is 0.254 e. The number of benzene rings is 1. The molecule has 0 bridgehead atoms. The van der Waals surface area contributed by atoms with Crippen molar-refractivity contribution >= 4 is 31.9 Å². The van der Waals surface area contributed by atoms with Gasteiger partial charge >= 0.3 is 0 Å². The number of pyridine rings is 1. The van der Waals surface area contributed by atoms with Crippen LogP contribution in [0.3, 0.4) is 0 Å². The van der Waals surface area contributed by atoms with Crippen molar-refractivity contribution in [3.05, 3.63) is 58.3 Å². The van der Waals surface area contributed by atoms with Crippen LogP contribution < -0.4 is 5.14 Å². The van der Waals surface area contributed by atoms with E-state index in [1.54, 1.807) is 13.2 Å². The van der Waals surface area contributed by atoms with Crippen molar-refractivity contribution < 1.29 is 13.2 Å². The summed E-state index contributed by atoms with van der Waals surface area (Å²) in [7, 11) is -2.20. The van der Waals surface area contributed by atoms with Crippen LogP contribution in [0.5, 0.6) is 0 Å². The molecule has 0 aliphatic rings. The zero-order valence-corrected chi connectivity index (χ0v) is 14.8. The van der Waals surface area contributed by atoms with Gasteiger partial charge in [0.2, 0.25) is 10.0 Å². The van der Waals surface area contributed by atoms with Gasteiger partial charge in [0, 0.05) is 36.4 Å². The van der Waals surface area contributed by atoms with Gasteiger partial charge in [-0.15, -0.1) is 0 Å². The number of carbonyl (C=O) groups is 1. The van der Waals surface area contributed by atoms with Gasteiger partial charge in [0.25, 0.3) is 5.91 Å². The molecule has 0 spiro atoms. The number of primary sulfonamides is 1. The number of likely N-dealkylation sites (N-methyl/N-ethyl adjacent to an activating group) is 1. The second kappa shape index (κ2) is 7.20. The van der Waals surface area contributed by atoms with E-state index < -0.39 is 10.0 Å². The number of rotatable bonds is 5. The number of amides is 1. The second-order valence-electron chi connectivity index (χ2n) is 4.98. The molecule has 0 atom stereocenters. The average Bonchev–Trinajstić information content (AvgIpc) is 2.52. The molecule has 2 N–H and O–H groups in total. The Morgan fingerprint density at radius 2 is 2.04 bits per heavy atom. The summed E-state index contributed by atoms with van der Waals surface area (Å²) in [5, 5.41) is 5.11. The summed E-state index contributed by atoms with van der Waals surface area (Å²) in [6, 6.07) is 9.73. The van der Waals surface area contributed by atoms with Crippen LogP contribution in [0.4, 0.5) is 0 Å². The highest BCUT2D eigenvalue weighted by molar-refractivity contribution is 9.10. The smallest absolute Gasteiger partial charge is 0.254 e. The first-order valence-electron chi connectivity index (χ1n) is 6.77. The molecule has 0 aliphatic heterocycles. The second-order valence-corrected chi connectivity index (χ2v) is 7.40. The molecule has 6 nitrogen and oxygen atoms in total. The lowest BCUT2D eigenvalue weighted by Gasteiger charge is -2.18. The minimum Gasteiger partial charge on any atom is -0.341 e. The van der Waals surface area contributed by atoms with Gasteiger partial charge < -0.3 is 4.90 Å². The van der Waals surface area contributed by atoms with Crippen LogP contribution in [0.2, 0.25) is 0 Å². The predicted octanol–water partition coefficient (Wildman–Crippen LogP) is 1.81. The standard InChI is InChI=1S/C15H16BrN3O3S/c1-19(9-7-11-4-2-3-8-18-11)15(20)13-10-12(23(17,21)22)5-6-14(13)16/h2-6,8,10H,7,9H2,1H3,(H2,17,21,22). The number of hydrogen-bond acceptors (Lipinski definition) is 4. The molecule has 0 saturated carbocycles. The molecule has 2 aromatic rings. The molecule has 1 aromatic heterocycles. The number of halogens is 1. The Kier molecular flexibility index (Phi) is 5.51. The van der Waals surface area contributed by atoms with Gasteiger partial charge in [0.15, 0.2) is 0 Å². The molecule has 0 fully saturated rings. The van der Waals surface area contributed by atoms with Gasteiger partial charge in [-0.3, -0.25) is 9.78 Å². The van der Waals surface area contributed by atoms with Crippen molar-refractivity contribution in [3.8, 4) is 0 Å². The number of hydrogen-bond donors (Lipinski definition) is 1.